The number of benzene rings is 2. The number of carbonyl (C=O) groups excluding carboxylic acids is 1. The van der Waals surface area contributed by atoms with Crippen molar-refractivity contribution in [3.05, 3.63) is 58.7 Å². The quantitative estimate of drug-likeness (QED) is 0.651. The first-order chi connectivity index (χ1) is 14.3. The molecule has 0 radical (unpaired) electrons. The number of methoxy groups -OCH3 is 1. The molecule has 1 saturated heterocycles. The average Bonchev–Trinajstić information content (AvgIpc) is 2.73. The summed E-state index contributed by atoms with van der Waals surface area (Å²) in [6, 6.07) is 12.5. The van der Waals surface area contributed by atoms with Gasteiger partial charge in [0.15, 0.2) is 0 Å². The Morgan fingerprint density at radius 2 is 1.73 bits per heavy atom. The van der Waals surface area contributed by atoms with E-state index in [0.717, 1.165) is 41.4 Å². The number of nitrogens with zero attached hydrogens (tertiary/aromatic N) is 1. The van der Waals surface area contributed by atoms with E-state index >= 15 is 0 Å². The number of hydrogen-bond acceptors (Lipinski definition) is 3. The van der Waals surface area contributed by atoms with Gasteiger partial charge in [-0.15, -0.1) is 0 Å². The minimum Gasteiger partial charge on any atom is -0.496 e. The van der Waals surface area contributed by atoms with Crippen LogP contribution in [0.1, 0.15) is 79.5 Å². The van der Waals surface area contributed by atoms with Crippen LogP contribution in [0.25, 0.3) is 0 Å². The summed E-state index contributed by atoms with van der Waals surface area (Å²) in [7, 11) is 1.68. The van der Waals surface area contributed by atoms with Gasteiger partial charge in [-0.1, -0.05) is 32.9 Å². The topological polar surface area (TPSA) is 41.6 Å². The number of anilines is 1. The second-order valence-electron chi connectivity index (χ2n) is 9.02. The average molecular weight is 409 g/mol. The smallest absolute Gasteiger partial charge is 0.252 e. The summed E-state index contributed by atoms with van der Waals surface area (Å²) in [6.45, 7) is 12.8. The maximum atomic E-state index is 13.0. The summed E-state index contributed by atoms with van der Waals surface area (Å²) >= 11 is 0. The summed E-state index contributed by atoms with van der Waals surface area (Å²) < 4.78 is 5.50. The highest BCUT2D eigenvalue weighted by atomic mass is 16.5. The van der Waals surface area contributed by atoms with Gasteiger partial charge in [0.25, 0.3) is 5.91 Å². The van der Waals surface area contributed by atoms with Crippen molar-refractivity contribution in [1.82, 2.24) is 5.32 Å². The van der Waals surface area contributed by atoms with E-state index in [0.29, 0.717) is 5.56 Å². The Kier molecular flexibility index (Phi) is 7.06. The van der Waals surface area contributed by atoms with Gasteiger partial charge in [-0.05, 0) is 79.5 Å². The molecule has 30 heavy (non-hydrogen) atoms. The Morgan fingerprint density at radius 3 is 2.30 bits per heavy atom. The fourth-order valence-corrected chi connectivity index (χ4v) is 4.17. The molecule has 2 aromatic rings. The van der Waals surface area contributed by atoms with Crippen molar-refractivity contribution >= 4 is 11.6 Å². The van der Waals surface area contributed by atoms with Crippen LogP contribution in [0.5, 0.6) is 5.75 Å². The lowest BCUT2D eigenvalue weighted by Gasteiger charge is -2.32. The molecule has 0 unspecified atom stereocenters. The fourth-order valence-electron chi connectivity index (χ4n) is 4.17. The highest BCUT2D eigenvalue weighted by molar-refractivity contribution is 5.96. The van der Waals surface area contributed by atoms with E-state index in [9.17, 15) is 4.79 Å². The van der Waals surface area contributed by atoms with Gasteiger partial charge in [0.05, 0.1) is 13.2 Å². The van der Waals surface area contributed by atoms with Crippen LogP contribution in [0.2, 0.25) is 0 Å². The van der Waals surface area contributed by atoms with E-state index in [-0.39, 0.29) is 17.9 Å². The maximum Gasteiger partial charge on any atom is 0.252 e. The van der Waals surface area contributed by atoms with Gasteiger partial charge in [-0.25, -0.2) is 0 Å². The van der Waals surface area contributed by atoms with Crippen molar-refractivity contribution in [2.75, 3.05) is 25.1 Å². The van der Waals surface area contributed by atoms with Crippen molar-refractivity contribution < 1.29 is 9.53 Å². The van der Waals surface area contributed by atoms with Crippen molar-refractivity contribution in [3.8, 4) is 5.75 Å². The lowest BCUT2D eigenvalue weighted by Crippen LogP contribution is -2.32. The summed E-state index contributed by atoms with van der Waals surface area (Å²) in [4.78, 5) is 15.5. The summed E-state index contributed by atoms with van der Waals surface area (Å²) in [5.41, 5.74) is 5.09. The van der Waals surface area contributed by atoms with Crippen molar-refractivity contribution in [2.24, 2.45) is 5.92 Å². The van der Waals surface area contributed by atoms with Crippen LogP contribution >= 0.6 is 0 Å². The second-order valence-corrected chi connectivity index (χ2v) is 9.02. The molecule has 1 aliphatic heterocycles. The number of hydrogen-bond donors (Lipinski definition) is 1. The molecule has 0 aliphatic carbocycles. The number of ether oxygens (including phenoxy) is 1. The number of piperidine rings is 1. The van der Waals surface area contributed by atoms with Gasteiger partial charge in [0.2, 0.25) is 0 Å². The minimum atomic E-state index is -0.0584. The molecule has 4 nitrogen and oxygen atoms in total. The number of rotatable bonds is 6. The van der Waals surface area contributed by atoms with Gasteiger partial charge in [-0.2, -0.15) is 0 Å². The fraction of sp³-hybridized carbons (Fsp3) is 0.500. The first-order valence-corrected chi connectivity index (χ1v) is 11.1. The zero-order chi connectivity index (χ0) is 21.8. The highest BCUT2D eigenvalue weighted by Crippen LogP contribution is 2.30. The SMILES string of the molecule is COc1cc(C)c(C(=O)N[C@@H](C)c2ccc(N3CCC(C)CC3)cc2)cc1C(C)C. The predicted molar refractivity (Wildman–Crippen MR) is 125 cm³/mol. The number of nitrogens with one attached hydrogen (secondary N) is 1. The molecule has 0 bridgehead atoms. The minimum absolute atomic E-state index is 0.0429. The third-order valence-corrected chi connectivity index (χ3v) is 6.33. The molecule has 4 heteroatoms. The molecule has 1 aliphatic rings. The Balaban J connectivity index is 1.70. The number of amides is 1. The van der Waals surface area contributed by atoms with Crippen LogP contribution in [-0.4, -0.2) is 26.1 Å². The molecule has 1 fully saturated rings. The second kappa shape index (κ2) is 9.55. The Morgan fingerprint density at radius 1 is 1.10 bits per heavy atom. The Hall–Kier alpha value is -2.49. The summed E-state index contributed by atoms with van der Waals surface area (Å²) in [5, 5.41) is 3.17. The van der Waals surface area contributed by atoms with Crippen molar-refractivity contribution in [2.45, 2.75) is 59.4 Å². The largest absolute Gasteiger partial charge is 0.496 e. The first-order valence-electron chi connectivity index (χ1n) is 11.1. The normalized spacial score (nSPS) is 15.9. The third kappa shape index (κ3) is 4.97. The van der Waals surface area contributed by atoms with Crippen LogP contribution < -0.4 is 15.0 Å². The third-order valence-electron chi connectivity index (χ3n) is 6.33. The summed E-state index contributed by atoms with van der Waals surface area (Å²) in [6.07, 6.45) is 2.52. The molecule has 1 heterocycles. The molecule has 1 N–H and O–H groups in total. The lowest BCUT2D eigenvalue weighted by atomic mass is 9.95. The number of carbonyl (C=O) groups is 1. The monoisotopic (exact) mass is 408 g/mol. The molecule has 162 valence electrons. The van der Waals surface area contributed by atoms with E-state index in [4.69, 9.17) is 4.74 Å². The van der Waals surface area contributed by atoms with E-state index in [2.05, 4.69) is 55.3 Å². The standard InChI is InChI=1S/C26H36N2O2/c1-17(2)23-16-24(19(4)15-25(23)30-6)26(29)27-20(5)21-7-9-22(10-8-21)28-13-11-18(3)12-14-28/h7-10,15-18,20H,11-14H2,1-6H3,(H,27,29)/t20-/m0/s1. The van der Waals surface area contributed by atoms with Crippen LogP contribution in [0, 0.1) is 12.8 Å². The molecule has 2 aromatic carbocycles. The Labute approximate surface area is 181 Å². The van der Waals surface area contributed by atoms with Gasteiger partial charge in [0, 0.05) is 24.3 Å². The van der Waals surface area contributed by atoms with Crippen LogP contribution in [0.3, 0.4) is 0 Å². The predicted octanol–water partition coefficient (Wildman–Crippen LogP) is 5.85. The molecular formula is C26H36N2O2. The molecule has 1 amide bonds. The van der Waals surface area contributed by atoms with Crippen LogP contribution in [0.15, 0.2) is 36.4 Å². The van der Waals surface area contributed by atoms with E-state index in [1.54, 1.807) is 7.11 Å². The van der Waals surface area contributed by atoms with E-state index < -0.39 is 0 Å². The Bertz CT molecular complexity index is 865. The van der Waals surface area contributed by atoms with Gasteiger partial charge in [-0.3, -0.25) is 4.79 Å². The van der Waals surface area contributed by atoms with Crippen LogP contribution in [-0.2, 0) is 0 Å². The highest BCUT2D eigenvalue weighted by Gasteiger charge is 2.19. The molecule has 0 aromatic heterocycles. The molecular weight excluding hydrogens is 372 g/mol. The number of aryl methyl sites for hydroxylation is 1. The maximum absolute atomic E-state index is 13.0. The van der Waals surface area contributed by atoms with Gasteiger partial charge in [0.1, 0.15) is 5.75 Å². The molecule has 0 saturated carbocycles. The van der Waals surface area contributed by atoms with Crippen LogP contribution in [0.4, 0.5) is 5.69 Å². The first kappa shape index (κ1) is 22.2. The zero-order valence-electron chi connectivity index (χ0n) is 19.3. The summed E-state index contributed by atoms with van der Waals surface area (Å²) in [5.74, 6) is 1.91. The van der Waals surface area contributed by atoms with E-state index in [1.165, 1.54) is 18.5 Å². The molecule has 3 rings (SSSR count). The lowest BCUT2D eigenvalue weighted by molar-refractivity contribution is 0.0939. The van der Waals surface area contributed by atoms with Crippen molar-refractivity contribution in [3.63, 3.8) is 0 Å². The van der Waals surface area contributed by atoms with E-state index in [1.807, 2.05) is 26.0 Å². The van der Waals surface area contributed by atoms with Crippen molar-refractivity contribution in [1.29, 1.82) is 0 Å². The molecule has 0 spiro atoms. The van der Waals surface area contributed by atoms with Gasteiger partial charge >= 0.3 is 0 Å². The van der Waals surface area contributed by atoms with Gasteiger partial charge < -0.3 is 15.0 Å². The zero-order valence-corrected chi connectivity index (χ0v) is 19.3. The molecule has 1 atom stereocenters.